The van der Waals surface area contributed by atoms with E-state index in [0.717, 1.165) is 22.3 Å². The summed E-state index contributed by atoms with van der Waals surface area (Å²) in [6.07, 6.45) is 0.904. The highest BCUT2D eigenvalue weighted by molar-refractivity contribution is 5.81. The number of hydrogen-bond acceptors (Lipinski definition) is 4. The average molecular weight is 391 g/mol. The Morgan fingerprint density at radius 3 is 2.31 bits per heavy atom. The highest BCUT2D eigenvalue weighted by Crippen LogP contribution is 2.44. The predicted molar refractivity (Wildman–Crippen MR) is 107 cm³/mol. The first kappa shape index (κ1) is 18.7. The zero-order valence-electron chi connectivity index (χ0n) is 15.9. The molecule has 1 amide bonds. The number of alkyl carbamates (subject to hydrolysis) is 1. The lowest BCUT2D eigenvalue weighted by Gasteiger charge is -2.17. The number of carbonyl (C=O) groups excluding carboxylic acids is 1. The molecule has 2 aromatic carbocycles. The van der Waals surface area contributed by atoms with Crippen molar-refractivity contribution in [3.8, 4) is 11.1 Å². The van der Waals surface area contributed by atoms with E-state index in [2.05, 4.69) is 27.4 Å². The molecule has 0 unspecified atom stereocenters. The molecule has 0 saturated heterocycles. The third-order valence-electron chi connectivity index (χ3n) is 5.11. The SMILES string of the molecule is Cc1ncc(C[C@H](NC(=O)OCC2c3ccccc3-c3ccccc32)C(=O)O)[nH]1. The Morgan fingerprint density at radius 1 is 1.14 bits per heavy atom. The highest BCUT2D eigenvalue weighted by atomic mass is 16.5. The lowest BCUT2D eigenvalue weighted by Crippen LogP contribution is -2.43. The number of aromatic amines is 1. The summed E-state index contributed by atoms with van der Waals surface area (Å²) in [5, 5.41) is 11.9. The molecule has 1 aromatic heterocycles. The Hall–Kier alpha value is -3.61. The molecule has 7 heteroatoms. The number of aliphatic carboxylic acids is 1. The van der Waals surface area contributed by atoms with Gasteiger partial charge in [0.15, 0.2) is 0 Å². The molecule has 0 spiro atoms. The minimum absolute atomic E-state index is 0.0771. The Morgan fingerprint density at radius 2 is 1.76 bits per heavy atom. The maximum atomic E-state index is 12.3. The van der Waals surface area contributed by atoms with Crippen molar-refractivity contribution < 1.29 is 19.4 Å². The Labute approximate surface area is 167 Å². The predicted octanol–water partition coefficient (Wildman–Crippen LogP) is 3.25. The number of carboxylic acids is 1. The first-order chi connectivity index (χ1) is 14.0. The number of carboxylic acid groups (broad SMARTS) is 1. The van der Waals surface area contributed by atoms with Crippen molar-refractivity contribution >= 4 is 12.1 Å². The molecule has 0 radical (unpaired) electrons. The van der Waals surface area contributed by atoms with Gasteiger partial charge in [0.1, 0.15) is 18.5 Å². The fourth-order valence-electron chi connectivity index (χ4n) is 3.78. The van der Waals surface area contributed by atoms with Gasteiger partial charge in [-0.15, -0.1) is 0 Å². The van der Waals surface area contributed by atoms with Crippen molar-refractivity contribution in [3.63, 3.8) is 0 Å². The number of nitrogens with one attached hydrogen (secondary N) is 2. The number of hydrogen-bond donors (Lipinski definition) is 3. The van der Waals surface area contributed by atoms with Crippen LogP contribution in [0.4, 0.5) is 4.79 Å². The zero-order chi connectivity index (χ0) is 20.4. The number of rotatable bonds is 6. The summed E-state index contributed by atoms with van der Waals surface area (Å²) in [5.41, 5.74) is 5.10. The summed E-state index contributed by atoms with van der Waals surface area (Å²) in [5.74, 6) is -0.525. The highest BCUT2D eigenvalue weighted by Gasteiger charge is 2.29. The van der Waals surface area contributed by atoms with Crippen molar-refractivity contribution in [3.05, 3.63) is 77.4 Å². The van der Waals surface area contributed by atoms with Crippen LogP contribution in [0.1, 0.15) is 28.6 Å². The lowest BCUT2D eigenvalue weighted by atomic mass is 9.98. The molecule has 1 aliphatic rings. The number of aromatic nitrogens is 2. The first-order valence-corrected chi connectivity index (χ1v) is 9.37. The van der Waals surface area contributed by atoms with E-state index in [9.17, 15) is 14.7 Å². The van der Waals surface area contributed by atoms with Crippen LogP contribution in [-0.4, -0.2) is 39.8 Å². The quantitative estimate of drug-likeness (QED) is 0.598. The molecule has 29 heavy (non-hydrogen) atoms. The van der Waals surface area contributed by atoms with Crippen molar-refractivity contribution in [1.29, 1.82) is 0 Å². The maximum Gasteiger partial charge on any atom is 0.407 e. The Bertz CT molecular complexity index is 1010. The van der Waals surface area contributed by atoms with Crippen LogP contribution in [-0.2, 0) is 16.0 Å². The second-order valence-corrected chi connectivity index (χ2v) is 7.06. The second-order valence-electron chi connectivity index (χ2n) is 7.06. The minimum atomic E-state index is -1.13. The number of ether oxygens (including phenoxy) is 1. The molecular weight excluding hydrogens is 370 g/mol. The summed E-state index contributed by atoms with van der Waals surface area (Å²) >= 11 is 0. The van der Waals surface area contributed by atoms with Crippen LogP contribution in [0.15, 0.2) is 54.7 Å². The fraction of sp³-hybridized carbons (Fsp3) is 0.227. The van der Waals surface area contributed by atoms with Gasteiger partial charge in [-0.2, -0.15) is 0 Å². The first-order valence-electron chi connectivity index (χ1n) is 9.37. The fourth-order valence-corrected chi connectivity index (χ4v) is 3.78. The van der Waals surface area contributed by atoms with Gasteiger partial charge in [0, 0.05) is 24.2 Å². The summed E-state index contributed by atoms with van der Waals surface area (Å²) in [4.78, 5) is 30.9. The zero-order valence-corrected chi connectivity index (χ0v) is 15.9. The van der Waals surface area contributed by atoms with E-state index in [-0.39, 0.29) is 18.9 Å². The molecule has 1 aliphatic carbocycles. The number of aryl methyl sites for hydroxylation is 1. The van der Waals surface area contributed by atoms with Crippen LogP contribution in [0.25, 0.3) is 11.1 Å². The second kappa shape index (κ2) is 7.79. The van der Waals surface area contributed by atoms with Crippen molar-refractivity contribution in [2.75, 3.05) is 6.61 Å². The summed E-state index contributed by atoms with van der Waals surface area (Å²) < 4.78 is 5.42. The van der Waals surface area contributed by atoms with Gasteiger partial charge in [-0.3, -0.25) is 0 Å². The van der Waals surface area contributed by atoms with Gasteiger partial charge in [0.2, 0.25) is 0 Å². The van der Waals surface area contributed by atoms with Crippen LogP contribution in [0.3, 0.4) is 0 Å². The van der Waals surface area contributed by atoms with E-state index in [0.29, 0.717) is 11.5 Å². The van der Waals surface area contributed by atoms with E-state index in [1.54, 1.807) is 13.1 Å². The Kier molecular flexibility index (Phi) is 5.03. The van der Waals surface area contributed by atoms with E-state index >= 15 is 0 Å². The van der Waals surface area contributed by atoms with Crippen LogP contribution >= 0.6 is 0 Å². The molecule has 7 nitrogen and oxygen atoms in total. The molecule has 1 heterocycles. The molecule has 0 aliphatic heterocycles. The van der Waals surface area contributed by atoms with Gasteiger partial charge in [-0.05, 0) is 29.2 Å². The molecular formula is C22H21N3O4. The average Bonchev–Trinajstić information content (AvgIpc) is 3.27. The lowest BCUT2D eigenvalue weighted by molar-refractivity contribution is -0.139. The third-order valence-corrected chi connectivity index (χ3v) is 5.11. The summed E-state index contributed by atoms with van der Waals surface area (Å²) in [6, 6.07) is 15.0. The molecule has 0 saturated carbocycles. The summed E-state index contributed by atoms with van der Waals surface area (Å²) in [6.45, 7) is 1.91. The van der Waals surface area contributed by atoms with Crippen molar-refractivity contribution in [1.82, 2.24) is 15.3 Å². The van der Waals surface area contributed by atoms with Gasteiger partial charge in [0.05, 0.1) is 0 Å². The topological polar surface area (TPSA) is 104 Å². The standard InChI is InChI=1S/C22H21N3O4/c1-13-23-11-14(24-13)10-20(21(26)27)25-22(28)29-12-19-17-8-4-2-6-15(17)16-7-3-5-9-18(16)19/h2-9,11,19-20H,10,12H2,1H3,(H,23,24)(H,25,28)(H,26,27)/t20-/m0/s1. The molecule has 4 rings (SSSR count). The monoisotopic (exact) mass is 391 g/mol. The van der Waals surface area contributed by atoms with Crippen LogP contribution in [0.2, 0.25) is 0 Å². The molecule has 1 atom stereocenters. The molecule has 3 aromatic rings. The molecule has 0 fully saturated rings. The van der Waals surface area contributed by atoms with Gasteiger partial charge in [-0.1, -0.05) is 48.5 Å². The van der Waals surface area contributed by atoms with Gasteiger partial charge < -0.3 is 20.1 Å². The number of imidazole rings is 1. The number of amides is 1. The van der Waals surface area contributed by atoms with Crippen molar-refractivity contribution in [2.24, 2.45) is 0 Å². The van der Waals surface area contributed by atoms with Crippen LogP contribution in [0.5, 0.6) is 0 Å². The smallest absolute Gasteiger partial charge is 0.407 e. The normalized spacial score (nSPS) is 13.4. The Balaban J connectivity index is 1.43. The molecule has 3 N–H and O–H groups in total. The van der Waals surface area contributed by atoms with E-state index in [1.807, 2.05) is 36.4 Å². The minimum Gasteiger partial charge on any atom is -0.480 e. The van der Waals surface area contributed by atoms with Gasteiger partial charge in [-0.25, -0.2) is 14.6 Å². The van der Waals surface area contributed by atoms with Crippen LogP contribution in [0, 0.1) is 6.92 Å². The number of carbonyl (C=O) groups is 2. The van der Waals surface area contributed by atoms with E-state index in [1.165, 1.54) is 0 Å². The maximum absolute atomic E-state index is 12.3. The number of benzene rings is 2. The van der Waals surface area contributed by atoms with E-state index in [4.69, 9.17) is 4.74 Å². The van der Waals surface area contributed by atoms with Gasteiger partial charge in [0.25, 0.3) is 0 Å². The van der Waals surface area contributed by atoms with E-state index < -0.39 is 18.1 Å². The molecule has 0 bridgehead atoms. The van der Waals surface area contributed by atoms with Crippen LogP contribution < -0.4 is 5.32 Å². The number of fused-ring (bicyclic) bond motifs is 3. The molecule has 148 valence electrons. The number of nitrogens with zero attached hydrogens (tertiary/aromatic N) is 1. The summed E-state index contributed by atoms with van der Waals surface area (Å²) in [7, 11) is 0. The number of H-pyrrole nitrogens is 1. The van der Waals surface area contributed by atoms with Crippen molar-refractivity contribution in [2.45, 2.75) is 25.3 Å². The third kappa shape index (κ3) is 3.85. The largest absolute Gasteiger partial charge is 0.480 e. The van der Waals surface area contributed by atoms with Gasteiger partial charge >= 0.3 is 12.1 Å².